The van der Waals surface area contributed by atoms with Crippen molar-refractivity contribution >= 4 is 59.8 Å². The Labute approximate surface area is 237 Å². The highest BCUT2D eigenvalue weighted by Gasteiger charge is 2.28. The first-order chi connectivity index (χ1) is 18.7. The molecule has 202 valence electrons. The first-order valence-electron chi connectivity index (χ1n) is 14.7. The third kappa shape index (κ3) is 3.58. The predicted molar refractivity (Wildman–Crippen MR) is 174 cm³/mol. The van der Waals surface area contributed by atoms with Gasteiger partial charge in [-0.05, 0) is 79.8 Å². The number of benzene rings is 4. The molecule has 0 spiro atoms. The summed E-state index contributed by atoms with van der Waals surface area (Å²) in [6, 6.07) is 23.2. The van der Waals surface area contributed by atoms with Crippen molar-refractivity contribution in [3.8, 4) is 0 Å². The molecule has 7 aromatic rings. The van der Waals surface area contributed by atoms with E-state index in [4.69, 9.17) is 4.98 Å². The lowest BCUT2D eigenvalue weighted by Gasteiger charge is -2.26. The van der Waals surface area contributed by atoms with Crippen LogP contribution in [0, 0.1) is 5.41 Å². The Hall–Kier alpha value is -3.65. The third-order valence-electron chi connectivity index (χ3n) is 8.74. The largest absolute Gasteiger partial charge is 0.308 e. The maximum absolute atomic E-state index is 5.13. The van der Waals surface area contributed by atoms with Crippen molar-refractivity contribution in [3.63, 3.8) is 0 Å². The lowest BCUT2D eigenvalue weighted by atomic mass is 9.81. The van der Waals surface area contributed by atoms with Gasteiger partial charge < -0.3 is 4.40 Å². The molecule has 0 radical (unpaired) electrons. The van der Waals surface area contributed by atoms with Crippen LogP contribution in [0.25, 0.3) is 59.8 Å². The predicted octanol–water partition coefficient (Wildman–Crippen LogP) is 10.7. The number of aromatic nitrogens is 2. The Morgan fingerprint density at radius 3 is 2.10 bits per heavy atom. The van der Waals surface area contributed by atoms with E-state index in [2.05, 4.69) is 127 Å². The van der Waals surface area contributed by atoms with Gasteiger partial charge in [0.15, 0.2) is 0 Å². The molecule has 4 aromatic carbocycles. The standard InChI is InChI=1S/C38H40N2/c1-36(2,3)21-28-25-15-14-24(37(4,5)6)18-23(25)19-27-33-31-22(16-17-39-33)20-29(38(7,8)9)32-26-12-10-11-13-30(26)40(34(27)28)35(31)32/h10-20H,21H2,1-9H3. The van der Waals surface area contributed by atoms with Gasteiger partial charge in [0.05, 0.1) is 22.1 Å². The van der Waals surface area contributed by atoms with Crippen LogP contribution in [-0.2, 0) is 17.3 Å². The molecule has 0 N–H and O–H groups in total. The van der Waals surface area contributed by atoms with Crippen molar-refractivity contribution in [2.24, 2.45) is 5.41 Å². The van der Waals surface area contributed by atoms with Crippen molar-refractivity contribution in [3.05, 3.63) is 83.6 Å². The lowest BCUT2D eigenvalue weighted by molar-refractivity contribution is 0.413. The van der Waals surface area contributed by atoms with Gasteiger partial charge >= 0.3 is 0 Å². The van der Waals surface area contributed by atoms with Gasteiger partial charge in [0, 0.05) is 27.7 Å². The molecule has 0 fully saturated rings. The Balaban J connectivity index is 1.84. The van der Waals surface area contributed by atoms with Gasteiger partial charge in [-0.1, -0.05) is 98.7 Å². The van der Waals surface area contributed by atoms with E-state index in [1.807, 2.05) is 6.20 Å². The Morgan fingerprint density at radius 1 is 0.650 bits per heavy atom. The summed E-state index contributed by atoms with van der Waals surface area (Å²) < 4.78 is 2.60. The second kappa shape index (κ2) is 7.97. The summed E-state index contributed by atoms with van der Waals surface area (Å²) in [5, 5.41) is 9.18. The van der Waals surface area contributed by atoms with Crippen LogP contribution in [0.15, 0.2) is 66.9 Å². The van der Waals surface area contributed by atoms with Gasteiger partial charge in [0.25, 0.3) is 0 Å². The van der Waals surface area contributed by atoms with Gasteiger partial charge in [-0.2, -0.15) is 0 Å². The van der Waals surface area contributed by atoms with Gasteiger partial charge in [0.1, 0.15) is 0 Å². The molecule has 0 amide bonds. The molecular weight excluding hydrogens is 484 g/mol. The molecule has 0 aliphatic carbocycles. The van der Waals surface area contributed by atoms with E-state index in [9.17, 15) is 0 Å². The summed E-state index contributed by atoms with van der Waals surface area (Å²) in [4.78, 5) is 5.13. The monoisotopic (exact) mass is 524 g/mol. The van der Waals surface area contributed by atoms with Crippen LogP contribution in [0.3, 0.4) is 0 Å². The zero-order valence-electron chi connectivity index (χ0n) is 25.5. The summed E-state index contributed by atoms with van der Waals surface area (Å²) in [6.45, 7) is 21.0. The molecule has 7 rings (SSSR count). The zero-order chi connectivity index (χ0) is 28.4. The first kappa shape index (κ1) is 25.3. The van der Waals surface area contributed by atoms with Gasteiger partial charge in [-0.3, -0.25) is 4.98 Å². The van der Waals surface area contributed by atoms with Crippen LogP contribution < -0.4 is 0 Å². The average molecular weight is 525 g/mol. The fourth-order valence-electron chi connectivity index (χ4n) is 6.93. The van der Waals surface area contributed by atoms with Crippen molar-refractivity contribution in [2.45, 2.75) is 79.6 Å². The van der Waals surface area contributed by atoms with E-state index in [0.717, 1.165) is 11.9 Å². The molecule has 2 heteroatoms. The van der Waals surface area contributed by atoms with Crippen molar-refractivity contribution in [1.82, 2.24) is 9.38 Å². The van der Waals surface area contributed by atoms with E-state index < -0.39 is 0 Å². The lowest BCUT2D eigenvalue weighted by Crippen LogP contribution is -2.13. The molecule has 0 saturated heterocycles. The number of hydrogen-bond acceptors (Lipinski definition) is 1. The van der Waals surface area contributed by atoms with Crippen molar-refractivity contribution in [2.75, 3.05) is 0 Å². The van der Waals surface area contributed by atoms with E-state index in [1.54, 1.807) is 0 Å². The van der Waals surface area contributed by atoms with Gasteiger partial charge in [0.2, 0.25) is 0 Å². The molecule has 40 heavy (non-hydrogen) atoms. The molecule has 0 aliphatic heterocycles. The summed E-state index contributed by atoms with van der Waals surface area (Å²) in [6.07, 6.45) is 3.00. The van der Waals surface area contributed by atoms with E-state index in [1.165, 1.54) is 70.9 Å². The summed E-state index contributed by atoms with van der Waals surface area (Å²) >= 11 is 0. The van der Waals surface area contributed by atoms with Crippen molar-refractivity contribution in [1.29, 1.82) is 0 Å². The maximum Gasteiger partial charge on any atom is 0.0823 e. The number of nitrogens with zero attached hydrogens (tertiary/aromatic N) is 2. The SMILES string of the molecule is CC(C)(C)Cc1c2ccc(C(C)(C)C)cc2cc2c3nccc4cc(C(C)(C)C)c5c6ccccc6n(c12)c5c43. The number of hydrogen-bond donors (Lipinski definition) is 0. The molecule has 3 heterocycles. The van der Waals surface area contributed by atoms with Gasteiger partial charge in [-0.25, -0.2) is 0 Å². The smallest absolute Gasteiger partial charge is 0.0823 e. The molecule has 0 atom stereocenters. The maximum atomic E-state index is 5.13. The number of pyridine rings is 2. The highest BCUT2D eigenvalue weighted by Crippen LogP contribution is 2.47. The topological polar surface area (TPSA) is 17.3 Å². The Bertz CT molecular complexity index is 2120. The van der Waals surface area contributed by atoms with Crippen LogP contribution in [0.1, 0.15) is 79.0 Å². The van der Waals surface area contributed by atoms with Gasteiger partial charge in [-0.15, -0.1) is 0 Å². The second-order valence-corrected chi connectivity index (χ2v) is 15.2. The highest BCUT2D eigenvalue weighted by atomic mass is 14.9. The molecule has 3 aromatic heterocycles. The summed E-state index contributed by atoms with van der Waals surface area (Å²) in [5.74, 6) is 0. The quantitative estimate of drug-likeness (QED) is 0.154. The van der Waals surface area contributed by atoms with E-state index >= 15 is 0 Å². The minimum atomic E-state index is 0.00777. The van der Waals surface area contributed by atoms with Crippen LogP contribution in [0.5, 0.6) is 0 Å². The van der Waals surface area contributed by atoms with E-state index in [0.29, 0.717) is 0 Å². The molecule has 0 saturated carbocycles. The third-order valence-corrected chi connectivity index (χ3v) is 8.74. The molecule has 0 bridgehead atoms. The summed E-state index contributed by atoms with van der Waals surface area (Å²) in [5.41, 5.74) is 9.45. The van der Waals surface area contributed by atoms with Crippen LogP contribution in [0.4, 0.5) is 0 Å². The normalized spacial score (nSPS) is 13.7. The fraction of sp³-hybridized carbons (Fsp3) is 0.342. The van der Waals surface area contributed by atoms with E-state index in [-0.39, 0.29) is 16.2 Å². The number of fused-ring (bicyclic) bond motifs is 7. The number of rotatable bonds is 1. The average Bonchev–Trinajstić information content (AvgIpc) is 3.21. The van der Waals surface area contributed by atoms with Crippen molar-refractivity contribution < 1.29 is 0 Å². The molecule has 0 aliphatic rings. The van der Waals surface area contributed by atoms with Crippen LogP contribution in [-0.4, -0.2) is 9.38 Å². The Morgan fingerprint density at radius 2 is 1.40 bits per heavy atom. The fourth-order valence-corrected chi connectivity index (χ4v) is 6.93. The molecule has 2 nitrogen and oxygen atoms in total. The Kier molecular flexibility index (Phi) is 5.05. The summed E-state index contributed by atoms with van der Waals surface area (Å²) in [7, 11) is 0. The minimum absolute atomic E-state index is 0.00777. The minimum Gasteiger partial charge on any atom is -0.308 e. The first-order valence-corrected chi connectivity index (χ1v) is 14.7. The number of para-hydroxylation sites is 1. The molecule has 0 unspecified atom stereocenters. The zero-order valence-corrected chi connectivity index (χ0v) is 25.5. The molecular formula is C38H40N2. The highest BCUT2D eigenvalue weighted by molar-refractivity contribution is 6.29. The second-order valence-electron chi connectivity index (χ2n) is 15.2. The van der Waals surface area contributed by atoms with Crippen LogP contribution in [0.2, 0.25) is 0 Å². The van der Waals surface area contributed by atoms with Crippen LogP contribution >= 0.6 is 0 Å².